The molecule has 1 aliphatic heterocycles. The average molecular weight is 234 g/mol. The fraction of sp³-hybridized carbons (Fsp3) is 0.643. The molecule has 94 valence electrons. The molecule has 0 saturated carbocycles. The van der Waals surface area contributed by atoms with Crippen molar-refractivity contribution in [3.05, 3.63) is 24.0 Å². The number of hydrogen-bond donors (Lipinski definition) is 1. The van der Waals surface area contributed by atoms with Crippen LogP contribution < -0.4 is 4.90 Å². The van der Waals surface area contributed by atoms with Crippen LogP contribution in [0.15, 0.2) is 18.3 Å². The van der Waals surface area contributed by atoms with E-state index < -0.39 is 6.10 Å². The minimum atomic E-state index is -0.484. The standard InChI is InChI=1S/C14H22N2O/c1-4-12-6-5-10(2)16(12)13-7-8-14(11(3)17)15-9-13/h7-12,17H,4-6H2,1-3H3/t10?,11-,12?/m0/s1. The maximum atomic E-state index is 9.45. The molecule has 0 spiro atoms. The van der Waals surface area contributed by atoms with Crippen molar-refractivity contribution >= 4 is 5.69 Å². The zero-order chi connectivity index (χ0) is 12.4. The van der Waals surface area contributed by atoms with Gasteiger partial charge in [0.1, 0.15) is 0 Å². The van der Waals surface area contributed by atoms with Crippen LogP contribution in [0.3, 0.4) is 0 Å². The predicted octanol–water partition coefficient (Wildman–Crippen LogP) is 2.90. The summed E-state index contributed by atoms with van der Waals surface area (Å²) in [7, 11) is 0. The smallest absolute Gasteiger partial charge is 0.0931 e. The summed E-state index contributed by atoms with van der Waals surface area (Å²) >= 11 is 0. The molecule has 0 bridgehead atoms. The monoisotopic (exact) mass is 234 g/mol. The van der Waals surface area contributed by atoms with E-state index in [-0.39, 0.29) is 0 Å². The van der Waals surface area contributed by atoms with E-state index in [2.05, 4.69) is 29.8 Å². The van der Waals surface area contributed by atoms with Gasteiger partial charge in [0.2, 0.25) is 0 Å². The number of pyridine rings is 1. The van der Waals surface area contributed by atoms with E-state index >= 15 is 0 Å². The Morgan fingerprint density at radius 2 is 2.24 bits per heavy atom. The molecule has 3 heteroatoms. The van der Waals surface area contributed by atoms with E-state index in [1.165, 1.54) is 24.9 Å². The fourth-order valence-corrected chi connectivity index (χ4v) is 2.74. The molecule has 1 aromatic heterocycles. The summed E-state index contributed by atoms with van der Waals surface area (Å²) in [6.45, 7) is 6.26. The molecule has 3 atom stereocenters. The van der Waals surface area contributed by atoms with E-state index in [1.807, 2.05) is 12.3 Å². The van der Waals surface area contributed by atoms with Crippen LogP contribution in [0, 0.1) is 0 Å². The number of aliphatic hydroxyl groups excluding tert-OH is 1. The second-order valence-electron chi connectivity index (χ2n) is 5.01. The van der Waals surface area contributed by atoms with Gasteiger partial charge in [-0.2, -0.15) is 0 Å². The molecule has 2 unspecified atom stereocenters. The zero-order valence-corrected chi connectivity index (χ0v) is 10.9. The highest BCUT2D eigenvalue weighted by Gasteiger charge is 2.29. The van der Waals surface area contributed by atoms with Gasteiger partial charge in [-0.3, -0.25) is 4.98 Å². The van der Waals surface area contributed by atoms with Crippen molar-refractivity contribution in [1.82, 2.24) is 4.98 Å². The van der Waals surface area contributed by atoms with Crippen molar-refractivity contribution in [1.29, 1.82) is 0 Å². The van der Waals surface area contributed by atoms with Gasteiger partial charge in [0.05, 0.1) is 23.7 Å². The highest BCUT2D eigenvalue weighted by atomic mass is 16.3. The molecule has 0 aromatic carbocycles. The fourth-order valence-electron chi connectivity index (χ4n) is 2.74. The van der Waals surface area contributed by atoms with Crippen LogP contribution in [-0.4, -0.2) is 22.2 Å². The largest absolute Gasteiger partial charge is 0.387 e. The van der Waals surface area contributed by atoms with Crippen LogP contribution in [0.5, 0.6) is 0 Å². The third-order valence-corrected chi connectivity index (χ3v) is 3.75. The van der Waals surface area contributed by atoms with Crippen LogP contribution in [0.25, 0.3) is 0 Å². The Morgan fingerprint density at radius 3 is 2.76 bits per heavy atom. The summed E-state index contributed by atoms with van der Waals surface area (Å²) in [5, 5.41) is 9.45. The first-order valence-corrected chi connectivity index (χ1v) is 6.55. The summed E-state index contributed by atoms with van der Waals surface area (Å²) in [5.74, 6) is 0. The van der Waals surface area contributed by atoms with Crippen LogP contribution >= 0.6 is 0 Å². The topological polar surface area (TPSA) is 36.4 Å². The van der Waals surface area contributed by atoms with Crippen LogP contribution in [0.1, 0.15) is 51.8 Å². The Labute approximate surface area is 103 Å². The second-order valence-corrected chi connectivity index (χ2v) is 5.01. The summed E-state index contributed by atoms with van der Waals surface area (Å²) in [6, 6.07) is 5.25. The summed E-state index contributed by atoms with van der Waals surface area (Å²) in [5.41, 5.74) is 1.93. The van der Waals surface area contributed by atoms with E-state index in [0.29, 0.717) is 12.1 Å². The predicted molar refractivity (Wildman–Crippen MR) is 70.1 cm³/mol. The number of anilines is 1. The third-order valence-electron chi connectivity index (χ3n) is 3.75. The van der Waals surface area contributed by atoms with E-state index in [9.17, 15) is 5.11 Å². The summed E-state index contributed by atoms with van der Waals surface area (Å²) < 4.78 is 0. The molecule has 1 N–H and O–H groups in total. The Hall–Kier alpha value is -1.09. The number of aliphatic hydroxyl groups is 1. The lowest BCUT2D eigenvalue weighted by Gasteiger charge is -2.30. The van der Waals surface area contributed by atoms with Crippen molar-refractivity contribution in [3.63, 3.8) is 0 Å². The highest BCUT2D eigenvalue weighted by Crippen LogP contribution is 2.31. The number of nitrogens with zero attached hydrogens (tertiary/aromatic N) is 2. The molecule has 1 aromatic rings. The summed E-state index contributed by atoms with van der Waals surface area (Å²) in [4.78, 5) is 6.81. The normalized spacial score (nSPS) is 26.2. The maximum Gasteiger partial charge on any atom is 0.0931 e. The number of hydrogen-bond acceptors (Lipinski definition) is 3. The van der Waals surface area contributed by atoms with Crippen molar-refractivity contribution in [2.45, 2.75) is 58.2 Å². The van der Waals surface area contributed by atoms with Gasteiger partial charge in [0.25, 0.3) is 0 Å². The molecule has 1 saturated heterocycles. The third kappa shape index (κ3) is 2.44. The Kier molecular flexibility index (Phi) is 3.67. The molecule has 2 rings (SSSR count). The van der Waals surface area contributed by atoms with Gasteiger partial charge >= 0.3 is 0 Å². The van der Waals surface area contributed by atoms with Crippen LogP contribution in [0.2, 0.25) is 0 Å². The minimum Gasteiger partial charge on any atom is -0.387 e. The van der Waals surface area contributed by atoms with E-state index in [0.717, 1.165) is 5.69 Å². The van der Waals surface area contributed by atoms with Crippen molar-refractivity contribution in [2.75, 3.05) is 4.90 Å². The molecule has 17 heavy (non-hydrogen) atoms. The molecule has 2 heterocycles. The Balaban J connectivity index is 2.21. The van der Waals surface area contributed by atoms with Crippen molar-refractivity contribution in [3.8, 4) is 0 Å². The van der Waals surface area contributed by atoms with Gasteiger partial charge in [-0.15, -0.1) is 0 Å². The minimum absolute atomic E-state index is 0.484. The Morgan fingerprint density at radius 1 is 1.47 bits per heavy atom. The average Bonchev–Trinajstić information content (AvgIpc) is 2.70. The van der Waals surface area contributed by atoms with Crippen LogP contribution in [0.4, 0.5) is 5.69 Å². The van der Waals surface area contributed by atoms with Gasteiger partial charge in [-0.1, -0.05) is 6.92 Å². The number of rotatable bonds is 3. The summed E-state index contributed by atoms with van der Waals surface area (Å²) in [6.07, 6.45) is 5.13. The molecule has 1 fully saturated rings. The molecule has 0 aliphatic carbocycles. The molecule has 0 amide bonds. The quantitative estimate of drug-likeness (QED) is 0.873. The zero-order valence-electron chi connectivity index (χ0n) is 10.9. The van der Waals surface area contributed by atoms with E-state index in [1.54, 1.807) is 6.92 Å². The van der Waals surface area contributed by atoms with Gasteiger partial charge in [0, 0.05) is 12.1 Å². The molecular weight excluding hydrogens is 212 g/mol. The van der Waals surface area contributed by atoms with Crippen molar-refractivity contribution in [2.24, 2.45) is 0 Å². The molecule has 1 aliphatic rings. The number of aromatic nitrogens is 1. The highest BCUT2D eigenvalue weighted by molar-refractivity contribution is 5.48. The lowest BCUT2D eigenvalue weighted by Crippen LogP contribution is -2.34. The SMILES string of the molecule is CCC1CCC(C)N1c1ccc([C@H](C)O)nc1. The second kappa shape index (κ2) is 5.05. The van der Waals surface area contributed by atoms with Gasteiger partial charge in [-0.25, -0.2) is 0 Å². The molecule has 3 nitrogen and oxygen atoms in total. The Bertz CT molecular complexity index is 361. The molecular formula is C14H22N2O. The van der Waals surface area contributed by atoms with Gasteiger partial charge < -0.3 is 10.0 Å². The van der Waals surface area contributed by atoms with Gasteiger partial charge in [-0.05, 0) is 45.2 Å². The first kappa shape index (κ1) is 12.4. The van der Waals surface area contributed by atoms with E-state index in [4.69, 9.17) is 0 Å². The van der Waals surface area contributed by atoms with Gasteiger partial charge in [0.15, 0.2) is 0 Å². The first-order chi connectivity index (χ1) is 8.13. The van der Waals surface area contributed by atoms with Crippen molar-refractivity contribution < 1.29 is 5.11 Å². The molecule has 0 radical (unpaired) electrons. The maximum absolute atomic E-state index is 9.45. The first-order valence-electron chi connectivity index (χ1n) is 6.55. The lowest BCUT2D eigenvalue weighted by atomic mass is 10.1. The lowest BCUT2D eigenvalue weighted by molar-refractivity contribution is 0.194. The van der Waals surface area contributed by atoms with Crippen LogP contribution in [-0.2, 0) is 0 Å².